The number of anilines is 1. The van der Waals surface area contributed by atoms with Gasteiger partial charge in [-0.15, -0.1) is 0 Å². The van der Waals surface area contributed by atoms with Gasteiger partial charge < -0.3 is 15.5 Å². The molecule has 7 nitrogen and oxygen atoms in total. The van der Waals surface area contributed by atoms with E-state index >= 15 is 0 Å². The molecule has 3 aromatic carbocycles. The van der Waals surface area contributed by atoms with Gasteiger partial charge in [-0.2, -0.15) is 18.4 Å². The zero-order chi connectivity index (χ0) is 26.7. The Hall–Kier alpha value is -3.88. The summed E-state index contributed by atoms with van der Waals surface area (Å²) in [6.07, 6.45) is -4.67. The summed E-state index contributed by atoms with van der Waals surface area (Å²) in [5.41, 5.74) is -3.70. The van der Waals surface area contributed by atoms with Gasteiger partial charge in [-0.1, -0.05) is 30.3 Å². The number of nitriles is 1. The third-order valence-corrected chi connectivity index (χ3v) is 7.31. The Morgan fingerprint density at radius 3 is 2.31 bits per heavy atom. The molecule has 0 aromatic heterocycles. The molecule has 0 spiro atoms. The van der Waals surface area contributed by atoms with Crippen molar-refractivity contribution in [3.8, 4) is 11.8 Å². The highest BCUT2D eigenvalue weighted by molar-refractivity contribution is 7.91. The number of alkyl halides is 3. The topological polar surface area (TPSA) is 127 Å². The fraction of sp³-hybridized carbons (Fsp3) is 0.200. The summed E-state index contributed by atoms with van der Waals surface area (Å²) in [6, 6.07) is 16.0. The second kappa shape index (κ2) is 10.0. The molecular weight excluding hydrogens is 497 g/mol. The third-order valence-electron chi connectivity index (χ3n) is 5.30. The first kappa shape index (κ1) is 26.7. The van der Waals surface area contributed by atoms with Crippen LogP contribution in [-0.4, -0.2) is 35.9 Å². The van der Waals surface area contributed by atoms with Gasteiger partial charge in [0.15, 0.2) is 15.4 Å². The molecule has 0 saturated carbocycles. The van der Waals surface area contributed by atoms with Crippen molar-refractivity contribution in [3.63, 3.8) is 0 Å². The van der Waals surface area contributed by atoms with Gasteiger partial charge in [0.05, 0.1) is 27.8 Å². The van der Waals surface area contributed by atoms with Crippen molar-refractivity contribution in [1.82, 2.24) is 0 Å². The maximum Gasteiger partial charge on any atom is 0.417 e. The minimum Gasteiger partial charge on any atom is -0.508 e. The van der Waals surface area contributed by atoms with Crippen molar-refractivity contribution in [3.05, 3.63) is 89.0 Å². The molecule has 3 rings (SSSR count). The minimum absolute atomic E-state index is 0.0475. The Morgan fingerprint density at radius 2 is 1.69 bits per heavy atom. The maximum atomic E-state index is 13.2. The average molecular weight is 519 g/mol. The molecule has 0 aliphatic carbocycles. The largest absolute Gasteiger partial charge is 0.508 e. The number of aromatic hydroxyl groups is 1. The lowest BCUT2D eigenvalue weighted by Crippen LogP contribution is -2.46. The molecule has 0 saturated heterocycles. The molecule has 11 heteroatoms. The lowest BCUT2D eigenvalue weighted by Gasteiger charge is -2.23. The van der Waals surface area contributed by atoms with Crippen LogP contribution < -0.4 is 5.32 Å². The van der Waals surface area contributed by atoms with E-state index in [2.05, 4.69) is 5.32 Å². The van der Waals surface area contributed by atoms with Crippen LogP contribution in [0.1, 0.15) is 29.2 Å². The molecule has 188 valence electrons. The van der Waals surface area contributed by atoms with Gasteiger partial charge in [-0.25, -0.2) is 8.42 Å². The number of amides is 1. The van der Waals surface area contributed by atoms with Gasteiger partial charge in [0.25, 0.3) is 5.91 Å². The molecule has 0 bridgehead atoms. The van der Waals surface area contributed by atoms with Gasteiger partial charge >= 0.3 is 6.18 Å². The number of carbonyl (C=O) groups is 1. The Balaban J connectivity index is 1.84. The van der Waals surface area contributed by atoms with Crippen molar-refractivity contribution in [1.29, 1.82) is 5.26 Å². The molecule has 36 heavy (non-hydrogen) atoms. The number of phenols is 1. The van der Waals surface area contributed by atoms with E-state index in [0.29, 0.717) is 17.2 Å². The van der Waals surface area contributed by atoms with E-state index in [0.717, 1.165) is 19.1 Å². The van der Waals surface area contributed by atoms with Crippen molar-refractivity contribution in [2.24, 2.45) is 0 Å². The predicted octanol–water partition coefficient (Wildman–Crippen LogP) is 4.04. The van der Waals surface area contributed by atoms with E-state index in [1.165, 1.54) is 30.3 Å². The lowest BCUT2D eigenvalue weighted by atomic mass is 10.1. The SMILES string of the molecule is CC(O)(CS(=O)(=O)c1ccccc1Cc1ccc(O)cc1)C(=O)Nc1ccc(C#N)c(C(F)(F)F)c1. The highest BCUT2D eigenvalue weighted by Gasteiger charge is 2.38. The van der Waals surface area contributed by atoms with Crippen LogP contribution in [0.3, 0.4) is 0 Å². The van der Waals surface area contributed by atoms with Crippen LogP contribution in [0.15, 0.2) is 71.6 Å². The summed E-state index contributed by atoms with van der Waals surface area (Å²) in [5, 5.41) is 31.1. The molecule has 3 N–H and O–H groups in total. The van der Waals surface area contributed by atoms with E-state index in [4.69, 9.17) is 5.26 Å². The van der Waals surface area contributed by atoms with E-state index in [1.54, 1.807) is 24.3 Å². The second-order valence-corrected chi connectivity index (χ2v) is 10.3. The number of carbonyl (C=O) groups excluding carboxylic acids is 1. The zero-order valence-corrected chi connectivity index (χ0v) is 19.7. The van der Waals surface area contributed by atoms with Crippen LogP contribution in [0.2, 0.25) is 0 Å². The number of benzene rings is 3. The molecule has 0 heterocycles. The van der Waals surface area contributed by atoms with Crippen LogP contribution in [0.25, 0.3) is 0 Å². The standard InChI is InChI=1S/C25H21F3N2O5S/c1-24(33,23(32)30-19-9-8-18(14-29)21(13-19)25(26,27)28)15-36(34,35)22-5-3-2-4-17(22)12-16-6-10-20(31)11-7-16/h2-11,13,31,33H,12,15H2,1H3,(H,30,32). The Bertz CT molecular complexity index is 1430. The normalized spacial score (nSPS) is 13.4. The molecule has 3 aromatic rings. The lowest BCUT2D eigenvalue weighted by molar-refractivity contribution is -0.137. The molecule has 1 amide bonds. The number of hydrogen-bond acceptors (Lipinski definition) is 6. The quantitative estimate of drug-likeness (QED) is 0.433. The number of halogens is 3. The van der Waals surface area contributed by atoms with Gasteiger partial charge in [-0.3, -0.25) is 4.79 Å². The molecule has 1 atom stereocenters. The van der Waals surface area contributed by atoms with E-state index in [1.807, 2.05) is 0 Å². The first-order valence-electron chi connectivity index (χ1n) is 10.5. The first-order chi connectivity index (χ1) is 16.7. The summed E-state index contributed by atoms with van der Waals surface area (Å²) in [6.45, 7) is 0.941. The average Bonchev–Trinajstić information content (AvgIpc) is 2.79. The van der Waals surface area contributed by atoms with Crippen LogP contribution in [0.4, 0.5) is 18.9 Å². The third kappa shape index (κ3) is 6.21. The number of nitrogens with one attached hydrogen (secondary N) is 1. The Labute approximate surface area is 205 Å². The second-order valence-electron chi connectivity index (χ2n) is 8.31. The van der Waals surface area contributed by atoms with Crippen molar-refractivity contribution in [2.45, 2.75) is 30.0 Å². The maximum absolute atomic E-state index is 13.2. The van der Waals surface area contributed by atoms with E-state index in [-0.39, 0.29) is 22.8 Å². The van der Waals surface area contributed by atoms with Crippen molar-refractivity contribution in [2.75, 3.05) is 11.1 Å². The fourth-order valence-electron chi connectivity index (χ4n) is 3.52. The smallest absolute Gasteiger partial charge is 0.417 e. The van der Waals surface area contributed by atoms with Crippen LogP contribution in [-0.2, 0) is 27.2 Å². The van der Waals surface area contributed by atoms with Gasteiger partial charge in [-0.05, 0) is 60.9 Å². The number of sulfone groups is 1. The summed E-state index contributed by atoms with van der Waals surface area (Å²) in [5.74, 6) is -2.23. The molecule has 0 radical (unpaired) electrons. The molecule has 1 unspecified atom stereocenters. The number of hydrogen-bond donors (Lipinski definition) is 3. The minimum atomic E-state index is -4.86. The van der Waals surface area contributed by atoms with Crippen LogP contribution >= 0.6 is 0 Å². The number of rotatable bonds is 7. The monoisotopic (exact) mass is 518 g/mol. The number of nitrogens with zero attached hydrogens (tertiary/aromatic N) is 1. The van der Waals surface area contributed by atoms with Gasteiger partial charge in [0, 0.05) is 5.69 Å². The molecule has 0 aliphatic heterocycles. The predicted molar refractivity (Wildman–Crippen MR) is 125 cm³/mol. The Kier molecular flexibility index (Phi) is 7.43. The summed E-state index contributed by atoms with van der Waals surface area (Å²) in [4.78, 5) is 12.5. The van der Waals surface area contributed by atoms with Gasteiger partial charge in [0.1, 0.15) is 5.75 Å². The van der Waals surface area contributed by atoms with Crippen molar-refractivity contribution >= 4 is 21.4 Å². The van der Waals surface area contributed by atoms with Crippen LogP contribution in [0, 0.1) is 11.3 Å². The molecule has 0 fully saturated rings. The molecule has 0 aliphatic rings. The highest BCUT2D eigenvalue weighted by Crippen LogP contribution is 2.34. The van der Waals surface area contributed by atoms with E-state index < -0.39 is 44.4 Å². The van der Waals surface area contributed by atoms with Gasteiger partial charge in [0.2, 0.25) is 0 Å². The van der Waals surface area contributed by atoms with Crippen molar-refractivity contribution < 1.29 is 36.6 Å². The zero-order valence-electron chi connectivity index (χ0n) is 18.9. The van der Waals surface area contributed by atoms with E-state index in [9.17, 15) is 36.6 Å². The number of phenolic OH excluding ortho intramolecular Hbond substituents is 1. The fourth-order valence-corrected chi connectivity index (χ4v) is 5.37. The highest BCUT2D eigenvalue weighted by atomic mass is 32.2. The first-order valence-corrected chi connectivity index (χ1v) is 12.1. The Morgan fingerprint density at radius 1 is 1.06 bits per heavy atom. The number of aliphatic hydroxyl groups is 1. The van der Waals surface area contributed by atoms with Crippen LogP contribution in [0.5, 0.6) is 5.75 Å². The summed E-state index contributed by atoms with van der Waals surface area (Å²) >= 11 is 0. The summed E-state index contributed by atoms with van der Waals surface area (Å²) in [7, 11) is -4.24. The summed E-state index contributed by atoms with van der Waals surface area (Å²) < 4.78 is 66.0. The molecular formula is C25H21F3N2O5S.